The van der Waals surface area contributed by atoms with Crippen molar-refractivity contribution in [2.45, 2.75) is 198 Å². The molecule has 0 aliphatic carbocycles. The molecule has 3 saturated heterocycles. The molecule has 0 saturated carbocycles. The van der Waals surface area contributed by atoms with Crippen molar-refractivity contribution in [2.75, 3.05) is 0 Å². The number of rotatable bonds is 18. The molecule has 19 heteroatoms. The molecule has 1 aromatic heterocycles. The molecule has 10 rings (SSSR count). The van der Waals surface area contributed by atoms with Crippen molar-refractivity contribution < 1.29 is 71.3 Å². The summed E-state index contributed by atoms with van der Waals surface area (Å²) in [6.07, 6.45) is -2.93. The summed E-state index contributed by atoms with van der Waals surface area (Å²) in [4.78, 5) is 94.5. The van der Waals surface area contributed by atoms with Crippen LogP contribution in [0.3, 0.4) is 0 Å². The Labute approximate surface area is 570 Å². The van der Waals surface area contributed by atoms with Gasteiger partial charge in [-0.1, -0.05) is 182 Å². The van der Waals surface area contributed by atoms with E-state index < -0.39 is 128 Å². The molecule has 97 heavy (non-hydrogen) atoms. The number of carbonyl (C=O) groups is 6. The molecule has 6 aromatic carbocycles. The molecular formula is C78H90N4O14Si. The summed E-state index contributed by atoms with van der Waals surface area (Å²) >= 11 is 0. The van der Waals surface area contributed by atoms with E-state index in [1.165, 1.54) is 20.9 Å². The molecule has 3 aliphatic rings. The topological polar surface area (TPSA) is 204 Å². The summed E-state index contributed by atoms with van der Waals surface area (Å²) in [7, 11) is -2.51. The second kappa shape index (κ2) is 29.6. The Kier molecular flexibility index (Phi) is 21.5. The lowest BCUT2D eigenvalue weighted by Crippen LogP contribution is -2.56. The van der Waals surface area contributed by atoms with E-state index in [1.54, 1.807) is 73.1 Å². The molecule has 0 unspecified atom stereocenters. The van der Waals surface area contributed by atoms with Crippen LogP contribution in [-0.2, 0) is 66.6 Å². The molecule has 4 heterocycles. The Morgan fingerprint density at radius 1 is 0.464 bits per heavy atom. The van der Waals surface area contributed by atoms with Gasteiger partial charge in [0.1, 0.15) is 59.2 Å². The van der Waals surface area contributed by atoms with Gasteiger partial charge in [-0.25, -0.2) is 33.3 Å². The maximum absolute atomic E-state index is 15.7. The summed E-state index contributed by atoms with van der Waals surface area (Å²) in [6, 6.07) is 49.1. The third-order valence-electron chi connectivity index (χ3n) is 17.0. The van der Waals surface area contributed by atoms with Crippen molar-refractivity contribution in [3.63, 3.8) is 0 Å². The predicted molar refractivity (Wildman–Crippen MR) is 365 cm³/mol. The molecule has 3 aliphatic heterocycles. The molecule has 3 fully saturated rings. The molecule has 0 N–H and O–H groups in total. The summed E-state index contributed by atoms with van der Waals surface area (Å²) in [5.41, 5.74) is 1.55. The van der Waals surface area contributed by atoms with Crippen LogP contribution in [0.5, 0.6) is 5.75 Å². The highest BCUT2D eigenvalue weighted by Gasteiger charge is 2.53. The number of cyclic esters (lactones) is 3. The lowest BCUT2D eigenvalue weighted by Gasteiger charge is -2.46. The number of nitrogens with zero attached hydrogens (tertiary/aromatic N) is 4. The largest absolute Gasteiger partial charge is 0.868 e. The standard InChI is InChI=1S/C78H90N4O14Si/c1-76(2,3)93-73(87)80-60(70(84)90-67(54-37-25-16-26-38-54)64(80)51-31-19-13-20-32-51)45-43-57-48-79(50-63(83)59(57)47-62-72(86)92-69(56-41-29-18-30-42-56)66(53-35-23-15-24-36-53)82(62)75(89)95-78(7,8)9)49-58(96-97(10,11)12)44-46-61-71(85)91-68(55-39-27-17-28-40-55)65(52-33-21-14-22-34-52)81(61)74(88)94-77(4,5)6/h13-42,48,50,58,60-62,64-69H,43-47,49H2,1-12H3/t58-,60+,61+,62+,64+,65+,66+,67-,68-,69-/m1/s1. The van der Waals surface area contributed by atoms with E-state index in [9.17, 15) is 9.59 Å². The van der Waals surface area contributed by atoms with Gasteiger partial charge in [-0.3, -0.25) is 14.7 Å². The van der Waals surface area contributed by atoms with Crippen molar-refractivity contribution in [1.29, 1.82) is 0 Å². The zero-order chi connectivity index (χ0) is 69.6. The number of amides is 3. The van der Waals surface area contributed by atoms with Crippen molar-refractivity contribution in [3.8, 4) is 5.75 Å². The van der Waals surface area contributed by atoms with Gasteiger partial charge < -0.3 is 38.0 Å². The number of aromatic nitrogens is 1. The van der Waals surface area contributed by atoms with Gasteiger partial charge in [0.2, 0.25) is 0 Å². The van der Waals surface area contributed by atoms with Crippen LogP contribution in [-0.4, -0.2) is 100 Å². The van der Waals surface area contributed by atoms with Crippen LogP contribution in [0.4, 0.5) is 14.4 Å². The number of ether oxygens (including phenoxy) is 6. The monoisotopic (exact) mass is 1330 g/mol. The second-order valence-electron chi connectivity index (χ2n) is 29.1. The van der Waals surface area contributed by atoms with E-state index in [4.69, 9.17) is 32.8 Å². The number of esters is 3. The van der Waals surface area contributed by atoms with Gasteiger partial charge in [-0.2, -0.15) is 0 Å². The third kappa shape index (κ3) is 17.5. The van der Waals surface area contributed by atoms with Crippen molar-refractivity contribution in [3.05, 3.63) is 239 Å². The Hall–Kier alpha value is -9.33. The molecule has 510 valence electrons. The lowest BCUT2D eigenvalue weighted by atomic mass is 9.88. The summed E-state index contributed by atoms with van der Waals surface area (Å²) in [5, 5.41) is 15.7. The average Bonchev–Trinajstić information content (AvgIpc) is 0.770. The number of pyridine rings is 1. The van der Waals surface area contributed by atoms with Gasteiger partial charge in [0.15, 0.2) is 45.6 Å². The molecular weight excluding hydrogens is 1240 g/mol. The number of hydrogen-bond donors (Lipinski definition) is 0. The van der Waals surface area contributed by atoms with Gasteiger partial charge in [0, 0.05) is 12.0 Å². The van der Waals surface area contributed by atoms with Gasteiger partial charge in [0.25, 0.3) is 0 Å². The summed E-state index contributed by atoms with van der Waals surface area (Å²) in [6.45, 7) is 21.9. The minimum absolute atomic E-state index is 0.0461. The van der Waals surface area contributed by atoms with Crippen molar-refractivity contribution >= 4 is 44.5 Å². The Balaban J connectivity index is 1.08. The highest BCUT2D eigenvalue weighted by atomic mass is 28.4. The Morgan fingerprint density at radius 3 is 1.10 bits per heavy atom. The van der Waals surface area contributed by atoms with Crippen LogP contribution >= 0.6 is 0 Å². The zero-order valence-electron chi connectivity index (χ0n) is 57.5. The Bertz CT molecular complexity index is 3860. The molecule has 0 spiro atoms. The maximum atomic E-state index is 15.7. The fourth-order valence-electron chi connectivity index (χ4n) is 13.2. The first-order valence-electron chi connectivity index (χ1n) is 33.4. The highest BCUT2D eigenvalue weighted by Crippen LogP contribution is 2.48. The normalized spacial score (nSPS) is 22.0. The lowest BCUT2D eigenvalue weighted by molar-refractivity contribution is -0.705. The highest BCUT2D eigenvalue weighted by molar-refractivity contribution is 6.69. The van der Waals surface area contributed by atoms with Crippen molar-refractivity contribution in [1.82, 2.24) is 14.7 Å². The van der Waals surface area contributed by atoms with Crippen molar-refractivity contribution in [2.24, 2.45) is 0 Å². The zero-order valence-corrected chi connectivity index (χ0v) is 58.5. The molecule has 7 aromatic rings. The first-order valence-corrected chi connectivity index (χ1v) is 36.8. The van der Waals surface area contributed by atoms with Gasteiger partial charge in [0.05, 0.1) is 0 Å². The fraction of sp³-hybridized carbons (Fsp3) is 0.397. The van der Waals surface area contributed by atoms with Gasteiger partial charge >= 0.3 is 36.2 Å². The summed E-state index contributed by atoms with van der Waals surface area (Å²) in [5.74, 6) is -2.64. The van der Waals surface area contributed by atoms with Crippen LogP contribution in [0.2, 0.25) is 19.6 Å². The molecule has 0 radical (unpaired) electrons. The Morgan fingerprint density at radius 2 is 0.773 bits per heavy atom. The van der Waals surface area contributed by atoms with Crippen LogP contribution in [0.25, 0.3) is 0 Å². The third-order valence-corrected chi connectivity index (χ3v) is 18.0. The first kappa shape index (κ1) is 70.5. The SMILES string of the molecule is CC(C)(C)OC(=O)N1[C@@H](CCc2c[n+](C[C@@H](CC[C@H]3C(=O)O[C@H](c4ccccc4)[C@H](c4ccccc4)N3C(=O)OC(C)(C)C)O[Si](C)(C)C)cc([O-])c2C[C@H]2C(=O)O[C@H](c3ccccc3)[C@H](c3ccccc3)N2C(=O)OC(C)(C)C)C(=O)O[C@H](c2ccccc2)[C@@H]1c1ccccc1. The van der Waals surface area contributed by atoms with E-state index >= 15 is 24.3 Å². The average molecular weight is 1340 g/mol. The second-order valence-corrected chi connectivity index (χ2v) is 33.5. The van der Waals surface area contributed by atoms with E-state index in [1.807, 2.05) is 202 Å². The predicted octanol–water partition coefficient (Wildman–Crippen LogP) is 14.5. The number of morpholine rings is 3. The number of benzene rings is 6. The first-order chi connectivity index (χ1) is 46.0. The maximum Gasteiger partial charge on any atom is 0.411 e. The smallest absolute Gasteiger partial charge is 0.411 e. The molecule has 18 nitrogen and oxygen atoms in total. The van der Waals surface area contributed by atoms with Gasteiger partial charge in [-0.15, -0.1) is 0 Å². The van der Waals surface area contributed by atoms with E-state index in [0.29, 0.717) is 33.4 Å². The van der Waals surface area contributed by atoms with Gasteiger partial charge in [-0.05, 0) is 152 Å². The van der Waals surface area contributed by atoms with Crippen LogP contribution in [0, 0.1) is 0 Å². The number of hydrogen-bond acceptors (Lipinski definition) is 14. The number of aryl methyl sites for hydroxylation is 1. The summed E-state index contributed by atoms with van der Waals surface area (Å²) < 4.78 is 46.6. The van der Waals surface area contributed by atoms with E-state index in [2.05, 4.69) is 0 Å². The molecule has 3 amide bonds. The van der Waals surface area contributed by atoms with Crippen LogP contribution in [0.1, 0.15) is 163 Å². The van der Waals surface area contributed by atoms with E-state index in [0.717, 1.165) is 5.56 Å². The van der Waals surface area contributed by atoms with Crippen LogP contribution < -0.4 is 9.67 Å². The molecule has 10 atom stereocenters. The minimum Gasteiger partial charge on any atom is -0.868 e. The quantitative estimate of drug-likeness (QED) is 0.0339. The van der Waals surface area contributed by atoms with Crippen LogP contribution in [0.15, 0.2) is 194 Å². The minimum atomic E-state index is -2.51. The van der Waals surface area contributed by atoms with E-state index in [-0.39, 0.29) is 44.2 Å². The number of carbonyl (C=O) groups excluding carboxylic acids is 6. The molecule has 0 bridgehead atoms. The fourth-order valence-corrected chi connectivity index (χ4v) is 14.4.